The van der Waals surface area contributed by atoms with Crippen LogP contribution in [0.3, 0.4) is 0 Å². The first kappa shape index (κ1) is 24.4. The van der Waals surface area contributed by atoms with E-state index >= 15 is 0 Å². The third kappa shape index (κ3) is 4.00. The van der Waals surface area contributed by atoms with Gasteiger partial charge in [0, 0.05) is 39.0 Å². The van der Waals surface area contributed by atoms with E-state index in [1.54, 1.807) is 0 Å². The van der Waals surface area contributed by atoms with E-state index in [1.807, 2.05) is 54.7 Å². The Kier molecular flexibility index (Phi) is 5.73. The van der Waals surface area contributed by atoms with Gasteiger partial charge in [-0.05, 0) is 47.0 Å². The van der Waals surface area contributed by atoms with Crippen molar-refractivity contribution >= 4 is 50.0 Å². The van der Waals surface area contributed by atoms with E-state index in [0.29, 0.717) is 0 Å². The van der Waals surface area contributed by atoms with Crippen LogP contribution in [0.1, 0.15) is 17.3 Å². The third-order valence-corrected chi connectivity index (χ3v) is 8.04. The van der Waals surface area contributed by atoms with Gasteiger partial charge in [-0.15, -0.1) is 0 Å². The monoisotopic (exact) mass is 541 g/mol. The highest BCUT2D eigenvalue weighted by Gasteiger charge is 2.17. The van der Waals surface area contributed by atoms with Crippen LogP contribution in [0.5, 0.6) is 0 Å². The molecule has 0 radical (unpaired) electrons. The molecule has 0 amide bonds. The van der Waals surface area contributed by atoms with Gasteiger partial charge in [0.1, 0.15) is 17.3 Å². The second-order valence-electron chi connectivity index (χ2n) is 10.6. The Balaban J connectivity index is 1.29. The SMILES string of the molecule is NC(N=Cc1ccccc1)c1cccc(-n2c3ccccc3c3ccc(-c4cccc5c4oc4ccccc45)cc32)c1. The number of nitrogens with two attached hydrogens (primary N) is 1. The maximum atomic E-state index is 6.56. The summed E-state index contributed by atoms with van der Waals surface area (Å²) in [6.45, 7) is 0. The number of para-hydroxylation sites is 3. The molecule has 0 spiro atoms. The minimum Gasteiger partial charge on any atom is -0.455 e. The fourth-order valence-corrected chi connectivity index (χ4v) is 6.03. The zero-order valence-corrected chi connectivity index (χ0v) is 22.8. The van der Waals surface area contributed by atoms with Gasteiger partial charge in [0.05, 0.1) is 11.0 Å². The van der Waals surface area contributed by atoms with Gasteiger partial charge in [0.15, 0.2) is 0 Å². The Hall–Kier alpha value is -5.45. The van der Waals surface area contributed by atoms with E-state index < -0.39 is 6.17 Å². The van der Waals surface area contributed by atoms with Crippen molar-refractivity contribution in [2.45, 2.75) is 6.17 Å². The van der Waals surface area contributed by atoms with Gasteiger partial charge in [-0.2, -0.15) is 0 Å². The number of benzene rings is 6. The number of furan rings is 1. The summed E-state index contributed by atoms with van der Waals surface area (Å²) in [6.07, 6.45) is 1.36. The van der Waals surface area contributed by atoms with Crippen LogP contribution >= 0.6 is 0 Å². The number of aliphatic imine (C=N–C) groups is 1. The van der Waals surface area contributed by atoms with Gasteiger partial charge in [0.25, 0.3) is 0 Å². The Morgan fingerprint density at radius 1 is 0.619 bits per heavy atom. The molecule has 2 aromatic heterocycles. The summed E-state index contributed by atoms with van der Waals surface area (Å²) >= 11 is 0. The molecule has 200 valence electrons. The molecule has 0 saturated heterocycles. The first-order valence-electron chi connectivity index (χ1n) is 14.1. The number of hydrogen-bond donors (Lipinski definition) is 1. The molecule has 6 aromatic carbocycles. The number of hydrogen-bond acceptors (Lipinski definition) is 3. The standard InChI is InChI=1S/C38H27N3O/c39-38(40-24-25-10-2-1-3-11-25)27-12-8-13-28(22-27)41-34-18-6-4-14-30(34)31-21-20-26(23-35(31)41)29-16-9-17-33-32-15-5-7-19-36(32)42-37(29)33/h1-24,38H,39H2. The average Bonchev–Trinajstić information content (AvgIpc) is 3.60. The molecular formula is C38H27N3O. The molecule has 2 heterocycles. The Morgan fingerprint density at radius 2 is 1.36 bits per heavy atom. The summed E-state index contributed by atoms with van der Waals surface area (Å²) in [6, 6.07) is 48.3. The Bertz CT molecular complexity index is 2270. The predicted molar refractivity (Wildman–Crippen MR) is 174 cm³/mol. The minimum atomic E-state index is -0.473. The predicted octanol–water partition coefficient (Wildman–Crippen LogP) is 9.43. The molecule has 0 saturated carbocycles. The van der Waals surface area contributed by atoms with Crippen molar-refractivity contribution in [2.24, 2.45) is 10.7 Å². The van der Waals surface area contributed by atoms with E-state index in [1.165, 1.54) is 10.8 Å². The number of rotatable bonds is 5. The highest BCUT2D eigenvalue weighted by Crippen LogP contribution is 2.39. The normalized spacial score (nSPS) is 12.7. The largest absolute Gasteiger partial charge is 0.455 e. The van der Waals surface area contributed by atoms with Gasteiger partial charge in [-0.1, -0.05) is 109 Å². The summed E-state index contributed by atoms with van der Waals surface area (Å²) in [5, 5.41) is 4.66. The van der Waals surface area contributed by atoms with Gasteiger partial charge >= 0.3 is 0 Å². The van der Waals surface area contributed by atoms with Crippen LogP contribution < -0.4 is 5.73 Å². The van der Waals surface area contributed by atoms with Crippen LogP contribution in [0.2, 0.25) is 0 Å². The first-order chi connectivity index (χ1) is 20.7. The number of aromatic nitrogens is 1. The second kappa shape index (κ2) is 9.88. The molecule has 1 unspecified atom stereocenters. The summed E-state index contributed by atoms with van der Waals surface area (Å²) in [7, 11) is 0. The second-order valence-corrected chi connectivity index (χ2v) is 10.6. The van der Waals surface area contributed by atoms with Crippen molar-refractivity contribution in [3.05, 3.63) is 151 Å². The smallest absolute Gasteiger partial charge is 0.143 e. The van der Waals surface area contributed by atoms with Crippen molar-refractivity contribution in [1.29, 1.82) is 0 Å². The lowest BCUT2D eigenvalue weighted by Crippen LogP contribution is -2.08. The Labute approximate surface area is 243 Å². The summed E-state index contributed by atoms with van der Waals surface area (Å²) in [4.78, 5) is 4.65. The van der Waals surface area contributed by atoms with Crippen molar-refractivity contribution in [2.75, 3.05) is 0 Å². The molecule has 8 aromatic rings. The summed E-state index contributed by atoms with van der Waals surface area (Å²) in [5.74, 6) is 0. The quantitative estimate of drug-likeness (QED) is 0.221. The first-order valence-corrected chi connectivity index (χ1v) is 14.1. The third-order valence-electron chi connectivity index (χ3n) is 8.04. The van der Waals surface area contributed by atoms with Crippen LogP contribution in [0, 0.1) is 0 Å². The average molecular weight is 542 g/mol. The number of fused-ring (bicyclic) bond motifs is 6. The molecule has 0 aliphatic rings. The van der Waals surface area contributed by atoms with E-state index in [2.05, 4.69) is 101 Å². The van der Waals surface area contributed by atoms with Crippen molar-refractivity contribution in [3.8, 4) is 16.8 Å². The molecule has 0 aliphatic carbocycles. The van der Waals surface area contributed by atoms with Crippen molar-refractivity contribution in [1.82, 2.24) is 4.57 Å². The molecule has 0 fully saturated rings. The molecule has 0 bridgehead atoms. The fraction of sp³-hybridized carbons (Fsp3) is 0.0263. The molecule has 2 N–H and O–H groups in total. The lowest BCUT2D eigenvalue weighted by molar-refractivity contribution is 0.670. The van der Waals surface area contributed by atoms with Gasteiger partial charge in [-0.3, -0.25) is 4.99 Å². The van der Waals surface area contributed by atoms with Crippen molar-refractivity contribution < 1.29 is 4.42 Å². The molecule has 8 rings (SSSR count). The zero-order valence-electron chi connectivity index (χ0n) is 22.8. The fourth-order valence-electron chi connectivity index (χ4n) is 6.03. The maximum Gasteiger partial charge on any atom is 0.143 e. The van der Waals surface area contributed by atoms with E-state index in [0.717, 1.165) is 60.9 Å². The van der Waals surface area contributed by atoms with E-state index in [-0.39, 0.29) is 0 Å². The van der Waals surface area contributed by atoms with Gasteiger partial charge < -0.3 is 14.7 Å². The van der Waals surface area contributed by atoms with E-state index in [9.17, 15) is 0 Å². The van der Waals surface area contributed by atoms with Crippen LogP contribution in [-0.4, -0.2) is 10.8 Å². The lowest BCUT2D eigenvalue weighted by atomic mass is 10.0. The summed E-state index contributed by atoms with van der Waals surface area (Å²) < 4.78 is 8.71. The van der Waals surface area contributed by atoms with Gasteiger partial charge in [0.2, 0.25) is 0 Å². The topological polar surface area (TPSA) is 56.4 Å². The summed E-state index contributed by atoms with van der Waals surface area (Å²) in [5.41, 5.74) is 15.8. The van der Waals surface area contributed by atoms with Crippen LogP contribution in [-0.2, 0) is 0 Å². The molecule has 42 heavy (non-hydrogen) atoms. The van der Waals surface area contributed by atoms with Crippen LogP contribution in [0.25, 0.3) is 60.6 Å². The van der Waals surface area contributed by atoms with Gasteiger partial charge in [-0.25, -0.2) is 0 Å². The van der Waals surface area contributed by atoms with Crippen LogP contribution in [0.4, 0.5) is 0 Å². The lowest BCUT2D eigenvalue weighted by Gasteiger charge is -2.13. The minimum absolute atomic E-state index is 0.473. The maximum absolute atomic E-state index is 6.56. The zero-order chi connectivity index (χ0) is 28.0. The van der Waals surface area contributed by atoms with Crippen molar-refractivity contribution in [3.63, 3.8) is 0 Å². The Morgan fingerprint density at radius 3 is 2.26 bits per heavy atom. The van der Waals surface area contributed by atoms with Crippen LogP contribution in [0.15, 0.2) is 149 Å². The number of nitrogens with zero attached hydrogens (tertiary/aromatic N) is 2. The molecule has 1 atom stereocenters. The van der Waals surface area contributed by atoms with E-state index in [4.69, 9.17) is 10.2 Å². The molecule has 4 nitrogen and oxygen atoms in total. The molecule has 0 aliphatic heterocycles. The highest BCUT2D eigenvalue weighted by molar-refractivity contribution is 6.12. The highest BCUT2D eigenvalue weighted by atomic mass is 16.3. The molecule has 4 heteroatoms. The molecular weight excluding hydrogens is 514 g/mol.